The molecular weight excluding hydrogens is 146 g/mol. The van der Waals surface area contributed by atoms with Gasteiger partial charge in [0.25, 0.3) is 0 Å². The van der Waals surface area contributed by atoms with Crippen LogP contribution in [0.25, 0.3) is 0 Å². The Morgan fingerprint density at radius 3 is 2.00 bits per heavy atom. The summed E-state index contributed by atoms with van der Waals surface area (Å²) in [7, 11) is 1.96. The van der Waals surface area contributed by atoms with Crippen LogP contribution < -0.4 is 0 Å². The molecule has 0 radical (unpaired) electrons. The second-order valence-corrected chi connectivity index (χ2v) is 2.20. The number of rotatable bonds is 5. The maximum Gasteiger partial charge on any atom is 0.0106 e. The molecule has 0 fully saturated rings. The average molecular weight is 161 g/mol. The van der Waals surface area contributed by atoms with Crippen molar-refractivity contribution >= 4 is 0 Å². The van der Waals surface area contributed by atoms with E-state index >= 15 is 0 Å². The number of nitrogens with zero attached hydrogens (tertiary/aromatic N) is 1. The predicted molar refractivity (Wildman–Crippen MR) is 55.6 cm³/mol. The molecule has 0 bridgehead atoms. The quantitative estimate of drug-likeness (QED) is 0.560. The van der Waals surface area contributed by atoms with Crippen molar-refractivity contribution in [1.29, 1.82) is 0 Å². The normalized spacial score (nSPS) is 11.4. The predicted octanol–water partition coefficient (Wildman–Crippen LogP) is 2.87. The van der Waals surface area contributed by atoms with E-state index in [1.165, 1.54) is 0 Å². The topological polar surface area (TPSA) is 3.24 Å². The van der Waals surface area contributed by atoms with Crippen LogP contribution in [0.5, 0.6) is 0 Å². The molecule has 0 amide bonds. The molecule has 0 saturated heterocycles. The molecule has 0 aromatic rings. The highest BCUT2D eigenvalue weighted by Gasteiger charge is 1.76. The van der Waals surface area contributed by atoms with Crippen LogP contribution in [0.4, 0.5) is 0 Å². The molecule has 12 heavy (non-hydrogen) atoms. The van der Waals surface area contributed by atoms with Crippen LogP contribution >= 0.6 is 0 Å². The molecule has 0 saturated carbocycles. The summed E-state index contributed by atoms with van der Waals surface area (Å²) in [6.07, 6.45) is 15.0. The third-order valence-corrected chi connectivity index (χ3v) is 1.14. The Labute approximate surface area is 74.7 Å². The van der Waals surface area contributed by atoms with Gasteiger partial charge in [0.2, 0.25) is 0 Å². The van der Waals surface area contributed by atoms with Crippen LogP contribution in [0.2, 0.25) is 0 Å². The molecule has 0 spiro atoms. The van der Waals surface area contributed by atoms with Crippen molar-refractivity contribution in [3.8, 4) is 0 Å². The van der Waals surface area contributed by atoms with Crippen LogP contribution in [0.15, 0.2) is 62.0 Å². The fourth-order valence-corrected chi connectivity index (χ4v) is 0.574. The monoisotopic (exact) mass is 161 g/mol. The van der Waals surface area contributed by atoms with Crippen LogP contribution in [0.3, 0.4) is 0 Å². The summed E-state index contributed by atoms with van der Waals surface area (Å²) in [6.45, 7) is 7.14. The molecule has 0 aromatic heterocycles. The molecular formula is C11H15N. The van der Waals surface area contributed by atoms with Crippen LogP contribution in [0, 0.1) is 0 Å². The van der Waals surface area contributed by atoms with Crippen molar-refractivity contribution < 1.29 is 0 Å². The molecule has 0 aliphatic heterocycles. The van der Waals surface area contributed by atoms with E-state index < -0.39 is 0 Å². The van der Waals surface area contributed by atoms with E-state index in [0.717, 1.165) is 0 Å². The van der Waals surface area contributed by atoms with Crippen LogP contribution in [0.1, 0.15) is 0 Å². The number of hydrogen-bond donors (Lipinski definition) is 0. The molecule has 0 unspecified atom stereocenters. The molecule has 0 atom stereocenters. The van der Waals surface area contributed by atoms with E-state index in [-0.39, 0.29) is 0 Å². The Morgan fingerprint density at radius 1 is 0.833 bits per heavy atom. The summed E-state index contributed by atoms with van der Waals surface area (Å²) >= 11 is 0. The SMILES string of the molecule is C=C/C=C\C=C/N(C)/C=C\C=C. The molecule has 0 heterocycles. The summed E-state index contributed by atoms with van der Waals surface area (Å²) in [6, 6.07) is 0. The van der Waals surface area contributed by atoms with Gasteiger partial charge >= 0.3 is 0 Å². The van der Waals surface area contributed by atoms with E-state index in [1.807, 2.05) is 48.7 Å². The zero-order valence-electron chi connectivity index (χ0n) is 7.48. The summed E-state index contributed by atoms with van der Waals surface area (Å²) in [5.74, 6) is 0. The van der Waals surface area contributed by atoms with Crippen molar-refractivity contribution in [3.05, 3.63) is 62.0 Å². The van der Waals surface area contributed by atoms with Gasteiger partial charge in [0.1, 0.15) is 0 Å². The molecule has 1 nitrogen and oxygen atoms in total. The van der Waals surface area contributed by atoms with Gasteiger partial charge in [-0.15, -0.1) is 0 Å². The lowest BCUT2D eigenvalue weighted by molar-refractivity contribution is 0.626. The Kier molecular flexibility index (Phi) is 6.65. The highest BCUT2D eigenvalue weighted by Crippen LogP contribution is 1.87. The third kappa shape index (κ3) is 6.62. The Balaban J connectivity index is 3.81. The minimum absolute atomic E-state index is 1.74. The highest BCUT2D eigenvalue weighted by molar-refractivity contribution is 5.09. The van der Waals surface area contributed by atoms with Gasteiger partial charge in [0.05, 0.1) is 0 Å². The van der Waals surface area contributed by atoms with E-state index in [1.54, 1.807) is 12.2 Å². The highest BCUT2D eigenvalue weighted by atomic mass is 15.0. The van der Waals surface area contributed by atoms with Crippen LogP contribution in [-0.4, -0.2) is 11.9 Å². The smallest absolute Gasteiger partial charge is 0.0106 e. The van der Waals surface area contributed by atoms with E-state index in [2.05, 4.69) is 13.2 Å². The molecule has 0 N–H and O–H groups in total. The fraction of sp³-hybridized carbons (Fsp3) is 0.0909. The third-order valence-electron chi connectivity index (χ3n) is 1.14. The molecule has 0 aromatic carbocycles. The maximum absolute atomic E-state index is 3.58. The largest absolute Gasteiger partial charge is 0.357 e. The number of allylic oxidation sites excluding steroid dienone is 6. The molecule has 1 heteroatoms. The first-order valence-corrected chi connectivity index (χ1v) is 3.78. The minimum Gasteiger partial charge on any atom is -0.357 e. The Hall–Kier alpha value is -1.50. The maximum atomic E-state index is 3.58. The van der Waals surface area contributed by atoms with Crippen molar-refractivity contribution in [1.82, 2.24) is 4.90 Å². The van der Waals surface area contributed by atoms with Crippen LogP contribution in [-0.2, 0) is 0 Å². The second-order valence-electron chi connectivity index (χ2n) is 2.20. The van der Waals surface area contributed by atoms with Gasteiger partial charge in [-0.25, -0.2) is 0 Å². The summed E-state index contributed by atoms with van der Waals surface area (Å²) < 4.78 is 0. The van der Waals surface area contributed by atoms with E-state index in [9.17, 15) is 0 Å². The van der Waals surface area contributed by atoms with Crippen molar-refractivity contribution in [2.24, 2.45) is 0 Å². The van der Waals surface area contributed by atoms with E-state index in [4.69, 9.17) is 0 Å². The first-order chi connectivity index (χ1) is 5.81. The second kappa shape index (κ2) is 7.61. The zero-order valence-corrected chi connectivity index (χ0v) is 7.48. The van der Waals surface area contributed by atoms with Crippen molar-refractivity contribution in [2.45, 2.75) is 0 Å². The van der Waals surface area contributed by atoms with Gasteiger partial charge < -0.3 is 4.90 Å². The first-order valence-electron chi connectivity index (χ1n) is 3.78. The summed E-state index contributed by atoms with van der Waals surface area (Å²) in [5.41, 5.74) is 0. The summed E-state index contributed by atoms with van der Waals surface area (Å²) in [5, 5.41) is 0. The van der Waals surface area contributed by atoms with Gasteiger partial charge in [0, 0.05) is 19.4 Å². The fourth-order valence-electron chi connectivity index (χ4n) is 0.574. The molecule has 0 aliphatic rings. The first kappa shape index (κ1) is 10.5. The van der Waals surface area contributed by atoms with Gasteiger partial charge in [-0.3, -0.25) is 0 Å². The molecule has 0 aliphatic carbocycles. The Bertz CT molecular complexity index is 209. The van der Waals surface area contributed by atoms with E-state index in [0.29, 0.717) is 0 Å². The molecule has 64 valence electrons. The lowest BCUT2D eigenvalue weighted by Gasteiger charge is -2.04. The van der Waals surface area contributed by atoms with Gasteiger partial charge in [-0.1, -0.05) is 37.5 Å². The van der Waals surface area contributed by atoms with Crippen molar-refractivity contribution in [2.75, 3.05) is 7.05 Å². The average Bonchev–Trinajstić information content (AvgIpc) is 2.09. The zero-order chi connectivity index (χ0) is 9.23. The lowest BCUT2D eigenvalue weighted by Crippen LogP contribution is -1.98. The number of hydrogen-bond acceptors (Lipinski definition) is 1. The Morgan fingerprint density at radius 2 is 1.42 bits per heavy atom. The van der Waals surface area contributed by atoms with Gasteiger partial charge in [0.15, 0.2) is 0 Å². The van der Waals surface area contributed by atoms with Gasteiger partial charge in [-0.2, -0.15) is 0 Å². The molecule has 0 rings (SSSR count). The summed E-state index contributed by atoms with van der Waals surface area (Å²) in [4.78, 5) is 1.94. The van der Waals surface area contributed by atoms with Crippen molar-refractivity contribution in [3.63, 3.8) is 0 Å². The van der Waals surface area contributed by atoms with Gasteiger partial charge in [-0.05, 0) is 12.2 Å². The lowest BCUT2D eigenvalue weighted by atomic mass is 10.4. The minimum atomic E-state index is 1.74. The standard InChI is InChI=1S/C11H15N/c1-4-6-8-9-11-12(3)10-7-5-2/h4-11H,1-2H2,3H3/b8-6-,10-7-,11-9-.